The van der Waals surface area contributed by atoms with Gasteiger partial charge in [0.2, 0.25) is 0 Å². The first kappa shape index (κ1) is 15.8. The fraction of sp³-hybridized carbons (Fsp3) is 0.158. The molecule has 122 valence electrons. The first-order chi connectivity index (χ1) is 11.8. The molecule has 1 heterocycles. The molecule has 5 nitrogen and oxygen atoms in total. The Balaban J connectivity index is 1.59. The zero-order valence-electron chi connectivity index (χ0n) is 13.6. The fourth-order valence-corrected chi connectivity index (χ4v) is 2.35. The second kappa shape index (κ2) is 7.97. The Morgan fingerprint density at radius 2 is 1.75 bits per heavy atom. The van der Waals surface area contributed by atoms with Crippen LogP contribution in [0, 0.1) is 0 Å². The average Bonchev–Trinajstić information content (AvgIpc) is 2.63. The lowest BCUT2D eigenvalue weighted by atomic mass is 10.1. The minimum absolute atomic E-state index is 0.737. The molecule has 0 unspecified atom stereocenters. The number of rotatable bonds is 7. The molecule has 5 heteroatoms. The van der Waals surface area contributed by atoms with Crippen LogP contribution in [0.15, 0.2) is 67.0 Å². The quantitative estimate of drug-likeness (QED) is 0.692. The molecule has 24 heavy (non-hydrogen) atoms. The molecule has 0 aliphatic heterocycles. The molecule has 0 fully saturated rings. The van der Waals surface area contributed by atoms with E-state index in [0.717, 1.165) is 36.0 Å². The highest BCUT2D eigenvalue weighted by atomic mass is 16.5. The number of methoxy groups -OCH3 is 1. The van der Waals surface area contributed by atoms with Crippen molar-refractivity contribution in [3.8, 4) is 5.75 Å². The number of hydrogen-bond acceptors (Lipinski definition) is 5. The van der Waals surface area contributed by atoms with E-state index in [2.05, 4.69) is 44.9 Å². The SMILES string of the molecule is COc1cccc(Nc2cc(NCCc3ccccc3)ncn2)c1. The zero-order chi connectivity index (χ0) is 16.6. The Morgan fingerprint density at radius 1 is 0.917 bits per heavy atom. The number of ether oxygens (including phenoxy) is 1. The van der Waals surface area contributed by atoms with Crippen LogP contribution in [0.3, 0.4) is 0 Å². The summed E-state index contributed by atoms with van der Waals surface area (Å²) in [5.41, 5.74) is 2.22. The highest BCUT2D eigenvalue weighted by Gasteiger charge is 2.01. The van der Waals surface area contributed by atoms with Gasteiger partial charge in [-0.15, -0.1) is 0 Å². The summed E-state index contributed by atoms with van der Waals surface area (Å²) in [4.78, 5) is 8.51. The van der Waals surface area contributed by atoms with Gasteiger partial charge in [-0.3, -0.25) is 0 Å². The van der Waals surface area contributed by atoms with Crippen molar-refractivity contribution in [1.82, 2.24) is 9.97 Å². The normalized spacial score (nSPS) is 10.2. The van der Waals surface area contributed by atoms with Crippen molar-refractivity contribution >= 4 is 17.3 Å². The second-order valence-electron chi connectivity index (χ2n) is 5.31. The predicted octanol–water partition coefficient (Wildman–Crippen LogP) is 3.88. The molecular formula is C19H20N4O. The summed E-state index contributed by atoms with van der Waals surface area (Å²) in [6, 6.07) is 20.0. The lowest BCUT2D eigenvalue weighted by Gasteiger charge is -2.09. The first-order valence-corrected chi connectivity index (χ1v) is 7.84. The summed E-state index contributed by atoms with van der Waals surface area (Å²) in [5.74, 6) is 2.34. The third-order valence-corrected chi connectivity index (χ3v) is 3.57. The molecule has 2 N–H and O–H groups in total. The summed E-state index contributed by atoms with van der Waals surface area (Å²) in [6.07, 6.45) is 2.50. The molecule has 0 aliphatic rings. The van der Waals surface area contributed by atoms with Crippen LogP contribution < -0.4 is 15.4 Å². The number of nitrogens with one attached hydrogen (secondary N) is 2. The smallest absolute Gasteiger partial charge is 0.135 e. The zero-order valence-corrected chi connectivity index (χ0v) is 13.6. The number of anilines is 3. The first-order valence-electron chi connectivity index (χ1n) is 7.84. The maximum absolute atomic E-state index is 5.23. The van der Waals surface area contributed by atoms with Crippen LogP contribution in [0.4, 0.5) is 17.3 Å². The van der Waals surface area contributed by atoms with Gasteiger partial charge >= 0.3 is 0 Å². The molecule has 3 rings (SSSR count). The summed E-state index contributed by atoms with van der Waals surface area (Å²) in [6.45, 7) is 0.819. The lowest BCUT2D eigenvalue weighted by Crippen LogP contribution is -2.07. The van der Waals surface area contributed by atoms with Crippen molar-refractivity contribution in [1.29, 1.82) is 0 Å². The van der Waals surface area contributed by atoms with Gasteiger partial charge in [-0.2, -0.15) is 0 Å². The molecule has 1 aromatic heterocycles. The minimum atomic E-state index is 0.737. The maximum Gasteiger partial charge on any atom is 0.135 e. The Bertz CT molecular complexity index is 777. The topological polar surface area (TPSA) is 59.1 Å². The molecule has 0 saturated carbocycles. The van der Waals surface area contributed by atoms with Crippen LogP contribution in [-0.2, 0) is 6.42 Å². The average molecular weight is 320 g/mol. The van der Waals surface area contributed by atoms with E-state index in [1.165, 1.54) is 5.56 Å². The highest BCUT2D eigenvalue weighted by molar-refractivity contribution is 5.60. The summed E-state index contributed by atoms with van der Waals surface area (Å²) < 4.78 is 5.23. The van der Waals surface area contributed by atoms with Crippen LogP contribution in [0.2, 0.25) is 0 Å². The number of nitrogens with zero attached hydrogens (tertiary/aromatic N) is 2. The van der Waals surface area contributed by atoms with Crippen LogP contribution >= 0.6 is 0 Å². The molecule has 0 amide bonds. The third-order valence-electron chi connectivity index (χ3n) is 3.57. The van der Waals surface area contributed by atoms with E-state index in [9.17, 15) is 0 Å². The Hall–Kier alpha value is -3.08. The van der Waals surface area contributed by atoms with E-state index in [1.807, 2.05) is 36.4 Å². The van der Waals surface area contributed by atoms with Crippen molar-refractivity contribution in [2.24, 2.45) is 0 Å². The predicted molar refractivity (Wildman–Crippen MR) is 96.9 cm³/mol. The standard InChI is InChI=1S/C19H20N4O/c1-24-17-9-5-8-16(12-17)23-19-13-18(21-14-22-19)20-11-10-15-6-3-2-4-7-15/h2-9,12-14H,10-11H2,1H3,(H2,20,21,22,23). The number of benzene rings is 2. The summed E-state index contributed by atoms with van der Waals surface area (Å²) in [5, 5.41) is 6.58. The van der Waals surface area contributed by atoms with Crippen LogP contribution in [-0.4, -0.2) is 23.6 Å². The molecule has 0 atom stereocenters. The van der Waals surface area contributed by atoms with Crippen LogP contribution in [0.1, 0.15) is 5.56 Å². The molecule has 0 radical (unpaired) electrons. The van der Waals surface area contributed by atoms with Gasteiger partial charge in [0.05, 0.1) is 7.11 Å². The molecule has 0 saturated heterocycles. The monoisotopic (exact) mass is 320 g/mol. The van der Waals surface area contributed by atoms with Gasteiger partial charge in [-0.25, -0.2) is 9.97 Å². The van der Waals surface area contributed by atoms with Gasteiger partial charge in [0.1, 0.15) is 23.7 Å². The van der Waals surface area contributed by atoms with Gasteiger partial charge in [0.25, 0.3) is 0 Å². The van der Waals surface area contributed by atoms with E-state index in [4.69, 9.17) is 4.74 Å². The number of hydrogen-bond donors (Lipinski definition) is 2. The molecule has 0 spiro atoms. The van der Waals surface area contributed by atoms with Crippen molar-refractivity contribution in [2.75, 3.05) is 24.3 Å². The van der Waals surface area contributed by atoms with Crippen molar-refractivity contribution in [3.05, 3.63) is 72.6 Å². The molecule has 3 aromatic rings. The van der Waals surface area contributed by atoms with Crippen LogP contribution in [0.25, 0.3) is 0 Å². The largest absolute Gasteiger partial charge is 0.497 e. The summed E-state index contributed by atoms with van der Waals surface area (Å²) >= 11 is 0. The number of aromatic nitrogens is 2. The van der Waals surface area contributed by atoms with Crippen molar-refractivity contribution in [2.45, 2.75) is 6.42 Å². The molecular weight excluding hydrogens is 300 g/mol. The molecule has 0 aliphatic carbocycles. The highest BCUT2D eigenvalue weighted by Crippen LogP contribution is 2.20. The fourth-order valence-electron chi connectivity index (χ4n) is 2.35. The van der Waals surface area contributed by atoms with E-state index in [0.29, 0.717) is 0 Å². The maximum atomic E-state index is 5.23. The molecule has 2 aromatic carbocycles. The van der Waals surface area contributed by atoms with Gasteiger partial charge in [0, 0.05) is 24.4 Å². The second-order valence-corrected chi connectivity index (χ2v) is 5.31. The van der Waals surface area contributed by atoms with Gasteiger partial charge < -0.3 is 15.4 Å². The van der Waals surface area contributed by atoms with Crippen LogP contribution in [0.5, 0.6) is 5.75 Å². The van der Waals surface area contributed by atoms with E-state index < -0.39 is 0 Å². The van der Waals surface area contributed by atoms with Crippen molar-refractivity contribution < 1.29 is 4.74 Å². The van der Waals surface area contributed by atoms with Gasteiger partial charge in [-0.1, -0.05) is 36.4 Å². The Labute approximate surface area is 141 Å². The Kier molecular flexibility index (Phi) is 5.24. The van der Waals surface area contributed by atoms with Crippen molar-refractivity contribution in [3.63, 3.8) is 0 Å². The van der Waals surface area contributed by atoms with E-state index >= 15 is 0 Å². The van der Waals surface area contributed by atoms with Gasteiger partial charge in [0.15, 0.2) is 0 Å². The summed E-state index contributed by atoms with van der Waals surface area (Å²) in [7, 11) is 1.65. The molecule has 0 bridgehead atoms. The third kappa shape index (κ3) is 4.46. The Morgan fingerprint density at radius 3 is 2.58 bits per heavy atom. The van der Waals surface area contributed by atoms with Gasteiger partial charge in [-0.05, 0) is 24.1 Å². The van der Waals surface area contributed by atoms with E-state index in [-0.39, 0.29) is 0 Å². The van der Waals surface area contributed by atoms with E-state index in [1.54, 1.807) is 13.4 Å². The lowest BCUT2D eigenvalue weighted by molar-refractivity contribution is 0.415. The minimum Gasteiger partial charge on any atom is -0.497 e.